The SMILES string of the molecule is CCCCC(C)Nc1cccc(OCC(=O)NC)c1. The fourth-order valence-corrected chi connectivity index (χ4v) is 1.76. The Morgan fingerprint density at radius 1 is 1.42 bits per heavy atom. The van der Waals surface area contributed by atoms with Crippen LogP contribution in [0.3, 0.4) is 0 Å². The molecule has 1 rings (SSSR count). The van der Waals surface area contributed by atoms with E-state index < -0.39 is 0 Å². The Morgan fingerprint density at radius 3 is 2.89 bits per heavy atom. The normalized spacial score (nSPS) is 11.7. The minimum absolute atomic E-state index is 0.0470. The molecule has 4 heteroatoms. The van der Waals surface area contributed by atoms with Gasteiger partial charge in [0.15, 0.2) is 6.61 Å². The molecule has 0 bridgehead atoms. The Morgan fingerprint density at radius 2 is 2.21 bits per heavy atom. The molecule has 0 saturated carbocycles. The van der Waals surface area contributed by atoms with Crippen LogP contribution in [0, 0.1) is 0 Å². The van der Waals surface area contributed by atoms with Crippen molar-refractivity contribution in [2.45, 2.75) is 39.2 Å². The highest BCUT2D eigenvalue weighted by molar-refractivity contribution is 5.77. The summed E-state index contributed by atoms with van der Waals surface area (Å²) in [4.78, 5) is 11.1. The first kappa shape index (κ1) is 15.3. The van der Waals surface area contributed by atoms with E-state index in [0.29, 0.717) is 11.8 Å². The van der Waals surface area contributed by atoms with E-state index in [1.165, 1.54) is 12.8 Å². The van der Waals surface area contributed by atoms with Crippen molar-refractivity contribution < 1.29 is 9.53 Å². The number of likely N-dealkylation sites (N-methyl/N-ethyl adjacent to an activating group) is 1. The first-order chi connectivity index (χ1) is 9.15. The third kappa shape index (κ3) is 6.13. The first-order valence-electron chi connectivity index (χ1n) is 6.85. The zero-order valence-electron chi connectivity index (χ0n) is 12.0. The predicted octanol–water partition coefficient (Wildman–Crippen LogP) is 2.80. The van der Waals surface area contributed by atoms with E-state index in [4.69, 9.17) is 4.74 Å². The molecule has 0 spiro atoms. The van der Waals surface area contributed by atoms with Crippen molar-refractivity contribution in [1.82, 2.24) is 5.32 Å². The largest absolute Gasteiger partial charge is 0.484 e. The van der Waals surface area contributed by atoms with Crippen LogP contribution in [0.4, 0.5) is 5.69 Å². The van der Waals surface area contributed by atoms with Crippen LogP contribution in [0.2, 0.25) is 0 Å². The standard InChI is InChI=1S/C15H24N2O2/c1-4-5-7-12(2)17-13-8-6-9-14(10-13)19-11-15(18)16-3/h6,8-10,12,17H,4-5,7,11H2,1-3H3,(H,16,18). The number of amides is 1. The molecule has 0 aliphatic rings. The van der Waals surface area contributed by atoms with Gasteiger partial charge in [0.05, 0.1) is 0 Å². The Labute approximate surface area is 115 Å². The molecule has 1 atom stereocenters. The number of carbonyl (C=O) groups excluding carboxylic acids is 1. The second-order valence-electron chi connectivity index (χ2n) is 4.68. The number of hydrogen-bond donors (Lipinski definition) is 2. The van der Waals surface area contributed by atoms with Crippen LogP contribution < -0.4 is 15.4 Å². The van der Waals surface area contributed by atoms with Gasteiger partial charge in [0.2, 0.25) is 0 Å². The summed E-state index contributed by atoms with van der Waals surface area (Å²) in [6.45, 7) is 4.42. The van der Waals surface area contributed by atoms with Gasteiger partial charge in [-0.1, -0.05) is 25.8 Å². The highest BCUT2D eigenvalue weighted by Gasteiger charge is 2.04. The Bertz CT molecular complexity index is 393. The molecule has 1 amide bonds. The average Bonchev–Trinajstić information content (AvgIpc) is 2.43. The third-order valence-corrected chi connectivity index (χ3v) is 2.89. The zero-order chi connectivity index (χ0) is 14.1. The first-order valence-corrected chi connectivity index (χ1v) is 6.85. The van der Waals surface area contributed by atoms with Crippen molar-refractivity contribution in [1.29, 1.82) is 0 Å². The summed E-state index contributed by atoms with van der Waals surface area (Å²) in [7, 11) is 1.60. The van der Waals surface area contributed by atoms with Gasteiger partial charge in [-0.05, 0) is 25.5 Å². The van der Waals surface area contributed by atoms with Gasteiger partial charge in [0.1, 0.15) is 5.75 Å². The summed E-state index contributed by atoms with van der Waals surface area (Å²) in [5.41, 5.74) is 1.03. The molecule has 0 radical (unpaired) electrons. The maximum absolute atomic E-state index is 11.1. The van der Waals surface area contributed by atoms with Gasteiger partial charge in [0, 0.05) is 24.8 Å². The zero-order valence-corrected chi connectivity index (χ0v) is 12.0. The molecule has 4 nitrogen and oxygen atoms in total. The smallest absolute Gasteiger partial charge is 0.257 e. The van der Waals surface area contributed by atoms with Crippen molar-refractivity contribution in [3.63, 3.8) is 0 Å². The van der Waals surface area contributed by atoms with Gasteiger partial charge in [-0.15, -0.1) is 0 Å². The summed E-state index contributed by atoms with van der Waals surface area (Å²) in [5, 5.41) is 5.96. The van der Waals surface area contributed by atoms with Crippen molar-refractivity contribution in [2.75, 3.05) is 19.0 Å². The molecule has 0 aliphatic heterocycles. The third-order valence-electron chi connectivity index (χ3n) is 2.89. The topological polar surface area (TPSA) is 50.4 Å². The minimum Gasteiger partial charge on any atom is -0.484 e. The number of hydrogen-bond acceptors (Lipinski definition) is 3. The summed E-state index contributed by atoms with van der Waals surface area (Å²) in [6.07, 6.45) is 3.59. The fourth-order valence-electron chi connectivity index (χ4n) is 1.76. The fraction of sp³-hybridized carbons (Fsp3) is 0.533. The van der Waals surface area contributed by atoms with Gasteiger partial charge in [-0.2, -0.15) is 0 Å². The number of benzene rings is 1. The Kier molecular flexibility index (Phi) is 6.79. The molecule has 2 N–H and O–H groups in total. The molecule has 1 unspecified atom stereocenters. The molecule has 106 valence electrons. The van der Waals surface area contributed by atoms with Crippen LogP contribution in [0.5, 0.6) is 5.75 Å². The van der Waals surface area contributed by atoms with Crippen LogP contribution >= 0.6 is 0 Å². The van der Waals surface area contributed by atoms with Gasteiger partial charge >= 0.3 is 0 Å². The van der Waals surface area contributed by atoms with E-state index in [2.05, 4.69) is 24.5 Å². The number of ether oxygens (including phenoxy) is 1. The minimum atomic E-state index is -0.130. The molecule has 1 aromatic carbocycles. The number of rotatable bonds is 8. The van der Waals surface area contributed by atoms with E-state index in [-0.39, 0.29) is 12.5 Å². The predicted molar refractivity (Wildman–Crippen MR) is 78.6 cm³/mol. The van der Waals surface area contributed by atoms with E-state index in [0.717, 1.165) is 12.1 Å². The number of anilines is 1. The lowest BCUT2D eigenvalue weighted by Gasteiger charge is -2.15. The molecule has 0 heterocycles. The molecule has 0 aliphatic carbocycles. The number of nitrogens with one attached hydrogen (secondary N) is 2. The van der Waals surface area contributed by atoms with Gasteiger partial charge < -0.3 is 15.4 Å². The van der Waals surface area contributed by atoms with Gasteiger partial charge in [0.25, 0.3) is 5.91 Å². The maximum Gasteiger partial charge on any atom is 0.257 e. The lowest BCUT2D eigenvalue weighted by molar-refractivity contribution is -0.122. The second kappa shape index (κ2) is 8.40. The lowest BCUT2D eigenvalue weighted by atomic mass is 10.1. The maximum atomic E-state index is 11.1. The molecule has 1 aromatic rings. The summed E-state index contributed by atoms with van der Waals surface area (Å²) in [5.74, 6) is 0.575. The molecule has 0 aromatic heterocycles. The van der Waals surface area contributed by atoms with Gasteiger partial charge in [-0.3, -0.25) is 4.79 Å². The molecule has 19 heavy (non-hydrogen) atoms. The molecule has 0 saturated heterocycles. The van der Waals surface area contributed by atoms with Gasteiger partial charge in [-0.25, -0.2) is 0 Å². The highest BCUT2D eigenvalue weighted by Crippen LogP contribution is 2.19. The number of unbranched alkanes of at least 4 members (excludes halogenated alkanes) is 1. The lowest BCUT2D eigenvalue weighted by Crippen LogP contribution is -2.24. The van der Waals surface area contributed by atoms with E-state index in [1.54, 1.807) is 7.05 Å². The van der Waals surface area contributed by atoms with Crippen LogP contribution in [-0.2, 0) is 4.79 Å². The monoisotopic (exact) mass is 264 g/mol. The summed E-state index contributed by atoms with van der Waals surface area (Å²) >= 11 is 0. The second-order valence-corrected chi connectivity index (χ2v) is 4.68. The van der Waals surface area contributed by atoms with E-state index >= 15 is 0 Å². The molecular formula is C15H24N2O2. The van der Waals surface area contributed by atoms with Crippen LogP contribution in [0.25, 0.3) is 0 Å². The highest BCUT2D eigenvalue weighted by atomic mass is 16.5. The van der Waals surface area contributed by atoms with Crippen molar-refractivity contribution in [3.8, 4) is 5.75 Å². The van der Waals surface area contributed by atoms with Crippen molar-refractivity contribution in [2.24, 2.45) is 0 Å². The van der Waals surface area contributed by atoms with Crippen LogP contribution in [0.15, 0.2) is 24.3 Å². The molecular weight excluding hydrogens is 240 g/mol. The van der Waals surface area contributed by atoms with E-state index in [1.807, 2.05) is 24.3 Å². The van der Waals surface area contributed by atoms with Crippen molar-refractivity contribution >= 4 is 11.6 Å². The van der Waals surface area contributed by atoms with Crippen LogP contribution in [0.1, 0.15) is 33.1 Å². The van der Waals surface area contributed by atoms with Crippen molar-refractivity contribution in [3.05, 3.63) is 24.3 Å². The summed E-state index contributed by atoms with van der Waals surface area (Å²) in [6, 6.07) is 8.15. The Balaban J connectivity index is 2.49. The van der Waals surface area contributed by atoms with Crippen LogP contribution in [-0.4, -0.2) is 25.6 Å². The Hall–Kier alpha value is -1.71. The summed E-state index contributed by atoms with van der Waals surface area (Å²) < 4.78 is 5.41. The average molecular weight is 264 g/mol. The quantitative estimate of drug-likeness (QED) is 0.759. The molecule has 0 fully saturated rings. The number of carbonyl (C=O) groups is 1. The van der Waals surface area contributed by atoms with E-state index in [9.17, 15) is 4.79 Å².